The first-order valence-corrected chi connectivity index (χ1v) is 8.39. The Balaban J connectivity index is 2.53. The molecule has 0 bridgehead atoms. The molecule has 2 nitrogen and oxygen atoms in total. The number of nitrogens with one attached hydrogen (secondary N) is 1. The molecule has 0 saturated carbocycles. The molecule has 0 fully saturated rings. The first kappa shape index (κ1) is 14.8. The summed E-state index contributed by atoms with van der Waals surface area (Å²) in [5.74, 6) is 1.19. The second kappa shape index (κ2) is 6.20. The van der Waals surface area contributed by atoms with Crippen LogP contribution in [0.25, 0.3) is 11.4 Å². The fourth-order valence-corrected chi connectivity index (χ4v) is 3.01. The molecular weight excluding hydrogens is 340 g/mol. The van der Waals surface area contributed by atoms with Crippen LogP contribution in [0.4, 0.5) is 0 Å². The highest BCUT2D eigenvalue weighted by molar-refractivity contribution is 9.10. The van der Waals surface area contributed by atoms with Crippen molar-refractivity contribution in [2.45, 2.75) is 24.7 Å². The maximum Gasteiger partial charge on any atom is 0.144 e. The van der Waals surface area contributed by atoms with Crippen LogP contribution in [-0.2, 0) is 0 Å². The van der Waals surface area contributed by atoms with E-state index in [2.05, 4.69) is 70.3 Å². The summed E-state index contributed by atoms with van der Waals surface area (Å²) < 4.78 is 1.49. The lowest BCUT2D eigenvalue weighted by atomic mass is 10.1. The molecule has 0 aliphatic carbocycles. The van der Waals surface area contributed by atoms with Gasteiger partial charge in [0.1, 0.15) is 10.5 Å². The summed E-state index contributed by atoms with van der Waals surface area (Å²) in [6.07, 6.45) is 2.07. The summed E-state index contributed by atoms with van der Waals surface area (Å²) in [6, 6.07) is 8.32. The molecule has 2 aromatic rings. The molecule has 1 heterocycles. The Bertz CT molecular complexity index is 633. The predicted molar refractivity (Wildman–Crippen MR) is 88.4 cm³/mol. The molecule has 19 heavy (non-hydrogen) atoms. The Labute approximate surface area is 131 Å². The van der Waals surface area contributed by atoms with E-state index in [-0.39, 0.29) is 0 Å². The van der Waals surface area contributed by atoms with Gasteiger partial charge in [0.15, 0.2) is 0 Å². The average molecular weight is 355 g/mol. The van der Waals surface area contributed by atoms with E-state index in [4.69, 9.17) is 12.2 Å². The van der Waals surface area contributed by atoms with E-state index in [1.165, 1.54) is 4.90 Å². The molecule has 1 aromatic carbocycles. The molecular formula is C14H15BrN2S2. The maximum absolute atomic E-state index is 5.31. The summed E-state index contributed by atoms with van der Waals surface area (Å²) in [5.41, 5.74) is 2.14. The van der Waals surface area contributed by atoms with Crippen LogP contribution < -0.4 is 0 Å². The van der Waals surface area contributed by atoms with Crippen LogP contribution in [0.2, 0.25) is 0 Å². The van der Waals surface area contributed by atoms with E-state index in [9.17, 15) is 0 Å². The monoisotopic (exact) mass is 354 g/mol. The number of H-pyrrole nitrogens is 1. The Morgan fingerprint density at radius 3 is 2.42 bits per heavy atom. The molecule has 0 amide bonds. The largest absolute Gasteiger partial charge is 0.342 e. The zero-order valence-corrected chi connectivity index (χ0v) is 14.2. The van der Waals surface area contributed by atoms with Crippen molar-refractivity contribution in [1.29, 1.82) is 0 Å². The second-order valence-corrected chi connectivity index (χ2v) is 6.56. The third kappa shape index (κ3) is 3.27. The van der Waals surface area contributed by atoms with Crippen LogP contribution >= 0.6 is 39.9 Å². The summed E-state index contributed by atoms with van der Waals surface area (Å²) >= 11 is 10.6. The lowest BCUT2D eigenvalue weighted by Crippen LogP contribution is -2.00. The highest BCUT2D eigenvalue weighted by Crippen LogP contribution is 2.27. The Morgan fingerprint density at radius 1 is 1.26 bits per heavy atom. The van der Waals surface area contributed by atoms with Gasteiger partial charge >= 0.3 is 0 Å². The van der Waals surface area contributed by atoms with Gasteiger partial charge in [-0.3, -0.25) is 0 Å². The van der Waals surface area contributed by atoms with E-state index in [0.717, 1.165) is 21.6 Å². The lowest BCUT2D eigenvalue weighted by molar-refractivity contribution is 0.807. The number of hydrogen-bond donors (Lipinski definition) is 1. The topological polar surface area (TPSA) is 28.7 Å². The van der Waals surface area contributed by atoms with Crippen LogP contribution in [0.15, 0.2) is 33.6 Å². The lowest BCUT2D eigenvalue weighted by Gasteiger charge is -2.11. The molecule has 0 saturated heterocycles. The van der Waals surface area contributed by atoms with Crippen LogP contribution in [0.5, 0.6) is 0 Å². The number of nitrogens with zero attached hydrogens (tertiary/aromatic N) is 1. The number of benzene rings is 1. The van der Waals surface area contributed by atoms with E-state index in [1.54, 1.807) is 11.8 Å². The van der Waals surface area contributed by atoms with Crippen molar-refractivity contribution in [2.24, 2.45) is 0 Å². The van der Waals surface area contributed by atoms with E-state index < -0.39 is 0 Å². The zero-order valence-electron chi connectivity index (χ0n) is 11.0. The third-order valence-corrected chi connectivity index (χ3v) is 4.94. The summed E-state index contributed by atoms with van der Waals surface area (Å²) in [7, 11) is 0. The maximum atomic E-state index is 5.31. The molecule has 0 aliphatic rings. The SMILES string of the molecule is CSc1ccc(-c2nc(=S)c(Br)c(C(C)C)[nH]2)cc1. The van der Waals surface area contributed by atoms with Crippen molar-refractivity contribution in [3.05, 3.63) is 39.1 Å². The fourth-order valence-electron chi connectivity index (χ4n) is 1.76. The van der Waals surface area contributed by atoms with Gasteiger partial charge in [0.25, 0.3) is 0 Å². The van der Waals surface area contributed by atoms with Crippen LogP contribution in [0.1, 0.15) is 25.5 Å². The number of thioether (sulfide) groups is 1. The minimum atomic E-state index is 0.364. The Hall–Kier alpha value is -0.650. The molecule has 0 atom stereocenters. The molecule has 0 spiro atoms. The van der Waals surface area contributed by atoms with Crippen LogP contribution in [-0.4, -0.2) is 16.2 Å². The molecule has 0 radical (unpaired) electrons. The Morgan fingerprint density at radius 2 is 1.89 bits per heavy atom. The highest BCUT2D eigenvalue weighted by Gasteiger charge is 2.10. The first-order valence-electron chi connectivity index (χ1n) is 5.97. The van der Waals surface area contributed by atoms with Gasteiger partial charge in [-0.05, 0) is 40.2 Å². The van der Waals surface area contributed by atoms with Crippen LogP contribution in [0.3, 0.4) is 0 Å². The van der Waals surface area contributed by atoms with Gasteiger partial charge in [-0.15, -0.1) is 11.8 Å². The van der Waals surface area contributed by atoms with E-state index in [1.807, 2.05) is 0 Å². The predicted octanol–water partition coefficient (Wildman–Crippen LogP) is 5.41. The summed E-state index contributed by atoms with van der Waals surface area (Å²) in [5, 5.41) is 0. The minimum absolute atomic E-state index is 0.364. The van der Waals surface area contributed by atoms with Gasteiger partial charge in [-0.2, -0.15) is 0 Å². The van der Waals surface area contributed by atoms with Gasteiger partial charge in [0, 0.05) is 16.2 Å². The van der Waals surface area contributed by atoms with Gasteiger partial charge in [0.2, 0.25) is 0 Å². The second-order valence-electron chi connectivity index (χ2n) is 4.50. The van der Waals surface area contributed by atoms with Gasteiger partial charge in [-0.1, -0.05) is 38.2 Å². The average Bonchev–Trinajstić information content (AvgIpc) is 2.41. The van der Waals surface area contributed by atoms with Gasteiger partial charge in [0.05, 0.1) is 4.47 Å². The number of aromatic amines is 1. The quantitative estimate of drug-likeness (QED) is 0.589. The molecule has 1 N–H and O–H groups in total. The van der Waals surface area contributed by atoms with E-state index >= 15 is 0 Å². The summed E-state index contributed by atoms with van der Waals surface area (Å²) in [4.78, 5) is 9.06. The van der Waals surface area contributed by atoms with Gasteiger partial charge < -0.3 is 4.98 Å². The van der Waals surface area contributed by atoms with Crippen molar-refractivity contribution < 1.29 is 0 Å². The van der Waals surface area contributed by atoms with Crippen LogP contribution in [0, 0.1) is 4.64 Å². The molecule has 100 valence electrons. The van der Waals surface area contributed by atoms with Crippen molar-refractivity contribution >= 4 is 39.9 Å². The molecule has 1 aromatic heterocycles. The van der Waals surface area contributed by atoms with Crippen molar-refractivity contribution in [1.82, 2.24) is 9.97 Å². The van der Waals surface area contributed by atoms with Gasteiger partial charge in [-0.25, -0.2) is 4.98 Å². The molecule has 2 rings (SSSR count). The number of hydrogen-bond acceptors (Lipinski definition) is 3. The number of aromatic nitrogens is 2. The number of halogens is 1. The van der Waals surface area contributed by atoms with Crippen molar-refractivity contribution in [3.63, 3.8) is 0 Å². The molecule has 5 heteroatoms. The normalized spacial score (nSPS) is 11.0. The van der Waals surface area contributed by atoms with E-state index in [0.29, 0.717) is 10.6 Å². The molecule has 0 aliphatic heterocycles. The Kier molecular flexibility index (Phi) is 4.81. The number of rotatable bonds is 3. The molecule has 0 unspecified atom stereocenters. The van der Waals surface area contributed by atoms with Crippen molar-refractivity contribution in [2.75, 3.05) is 6.26 Å². The first-order chi connectivity index (χ1) is 9.02. The third-order valence-electron chi connectivity index (χ3n) is 2.83. The minimum Gasteiger partial charge on any atom is -0.342 e. The van der Waals surface area contributed by atoms with Crippen molar-refractivity contribution in [3.8, 4) is 11.4 Å². The highest BCUT2D eigenvalue weighted by atomic mass is 79.9. The fraction of sp³-hybridized carbons (Fsp3) is 0.286. The summed E-state index contributed by atoms with van der Waals surface area (Å²) in [6.45, 7) is 4.26. The smallest absolute Gasteiger partial charge is 0.144 e. The standard InChI is InChI=1S/C14H15BrN2S2/c1-8(2)12-11(15)14(18)17-13(16-12)9-4-6-10(19-3)7-5-9/h4-8H,1-3H3,(H,16,17,18). The zero-order chi connectivity index (χ0) is 14.0.